The summed E-state index contributed by atoms with van der Waals surface area (Å²) in [6, 6.07) is 18.3. The summed E-state index contributed by atoms with van der Waals surface area (Å²) >= 11 is 1.16. The van der Waals surface area contributed by atoms with Crippen LogP contribution in [0.5, 0.6) is 11.5 Å². The van der Waals surface area contributed by atoms with Gasteiger partial charge in [0.25, 0.3) is 0 Å². The number of hydrogen-bond donors (Lipinski definition) is 2. The summed E-state index contributed by atoms with van der Waals surface area (Å²) in [5.74, 6) is 0.478. The molecule has 4 nitrogen and oxygen atoms in total. The second-order valence-electron chi connectivity index (χ2n) is 4.70. The molecule has 2 heterocycles. The van der Waals surface area contributed by atoms with Gasteiger partial charge < -0.3 is 10.2 Å². The van der Waals surface area contributed by atoms with Gasteiger partial charge in [-0.05, 0) is 24.3 Å². The summed E-state index contributed by atoms with van der Waals surface area (Å²) in [5.41, 5.74) is 1.32. The summed E-state index contributed by atoms with van der Waals surface area (Å²) in [6.07, 6.45) is 3.34. The standard InChI is InChI=1S/2C9H7NO.ClH.Ga/c2*11-8-5-1-3-7-4-2-6-10-9(7)8;;/h2*1-6,11H;1H;/q;;;+1/p-1. The zero-order valence-electron chi connectivity index (χ0n) is 12.7. The van der Waals surface area contributed by atoms with Gasteiger partial charge in [-0.15, -0.1) is 0 Å². The molecule has 6 heteroatoms. The van der Waals surface area contributed by atoms with Gasteiger partial charge >= 0.3 is 27.2 Å². The van der Waals surface area contributed by atoms with Crippen LogP contribution in [0.3, 0.4) is 0 Å². The third kappa shape index (κ3) is 4.41. The van der Waals surface area contributed by atoms with Crippen LogP contribution in [0, 0.1) is 0 Å². The van der Waals surface area contributed by atoms with Crippen LogP contribution in [0.2, 0.25) is 0 Å². The van der Waals surface area contributed by atoms with Crippen LogP contribution in [-0.2, 0) is 0 Å². The molecule has 0 saturated heterocycles. The molecule has 118 valence electrons. The Balaban J connectivity index is 0.000000158. The fourth-order valence-electron chi connectivity index (χ4n) is 2.18. The number of aromatic hydroxyl groups is 2. The molecule has 0 saturated carbocycles. The molecular formula is C18H14ClGaN2O2. The number of para-hydroxylation sites is 2. The predicted molar refractivity (Wildman–Crippen MR) is 98.4 cm³/mol. The van der Waals surface area contributed by atoms with E-state index in [1.807, 2.05) is 36.4 Å². The van der Waals surface area contributed by atoms with Crippen LogP contribution in [0.4, 0.5) is 0 Å². The van der Waals surface area contributed by atoms with Crippen LogP contribution in [0.15, 0.2) is 73.1 Å². The maximum atomic E-state index is 9.31. The van der Waals surface area contributed by atoms with Gasteiger partial charge in [0.15, 0.2) is 0 Å². The van der Waals surface area contributed by atoms with Crippen LogP contribution in [0.1, 0.15) is 0 Å². The number of aromatic nitrogens is 2. The van der Waals surface area contributed by atoms with Gasteiger partial charge in [0.05, 0.1) is 0 Å². The fraction of sp³-hybridized carbons (Fsp3) is 0. The van der Waals surface area contributed by atoms with Crippen molar-refractivity contribution in [2.45, 2.75) is 0 Å². The third-order valence-electron chi connectivity index (χ3n) is 3.22. The van der Waals surface area contributed by atoms with E-state index in [2.05, 4.69) is 9.97 Å². The Morgan fingerprint density at radius 2 is 1.00 bits per heavy atom. The van der Waals surface area contributed by atoms with E-state index in [0.29, 0.717) is 11.0 Å². The Morgan fingerprint density at radius 3 is 1.38 bits per heavy atom. The number of benzene rings is 2. The van der Waals surface area contributed by atoms with Crippen molar-refractivity contribution in [1.82, 2.24) is 9.97 Å². The summed E-state index contributed by atoms with van der Waals surface area (Å²) in [5, 5.41) is 20.5. The summed E-state index contributed by atoms with van der Waals surface area (Å²) in [4.78, 5) is 8.06. The zero-order valence-corrected chi connectivity index (χ0v) is 15.9. The molecule has 0 aliphatic heterocycles. The van der Waals surface area contributed by atoms with E-state index in [4.69, 9.17) is 9.64 Å². The Bertz CT molecular complexity index is 847. The Hall–Kier alpha value is -2.21. The first-order valence-electron chi connectivity index (χ1n) is 7.03. The van der Waals surface area contributed by atoms with E-state index in [0.717, 1.165) is 28.4 Å². The van der Waals surface area contributed by atoms with E-state index in [-0.39, 0.29) is 11.5 Å². The molecule has 2 radical (unpaired) electrons. The number of pyridine rings is 2. The van der Waals surface area contributed by atoms with Gasteiger partial charge in [0.1, 0.15) is 22.5 Å². The van der Waals surface area contributed by atoms with Crippen molar-refractivity contribution in [3.63, 3.8) is 0 Å². The van der Waals surface area contributed by atoms with Crippen molar-refractivity contribution in [1.29, 1.82) is 0 Å². The molecule has 0 spiro atoms. The van der Waals surface area contributed by atoms with Crippen molar-refractivity contribution < 1.29 is 10.2 Å². The monoisotopic (exact) mass is 394 g/mol. The summed E-state index contributed by atoms with van der Waals surface area (Å²) in [6.45, 7) is 0. The van der Waals surface area contributed by atoms with Crippen molar-refractivity contribution >= 4 is 49.0 Å². The van der Waals surface area contributed by atoms with E-state index >= 15 is 0 Å². The normalized spacial score (nSPS) is 9.54. The SMILES string of the molecule is Oc1cccc2cccnc12.Oc1cccc2cccnc12.[Cl][Ga]. The zero-order chi connectivity index (χ0) is 17.4. The second-order valence-corrected chi connectivity index (χ2v) is 4.70. The van der Waals surface area contributed by atoms with Crippen molar-refractivity contribution in [2.75, 3.05) is 0 Å². The van der Waals surface area contributed by atoms with E-state index < -0.39 is 0 Å². The molecule has 0 atom stereocenters. The minimum atomic E-state index is 0.239. The van der Waals surface area contributed by atoms with E-state index in [1.54, 1.807) is 36.7 Å². The first-order chi connectivity index (χ1) is 11.8. The molecule has 2 N–H and O–H groups in total. The number of phenolic OH excluding ortho intramolecular Hbond substituents is 2. The first kappa shape index (κ1) is 18.1. The molecule has 0 fully saturated rings. The topological polar surface area (TPSA) is 66.2 Å². The molecule has 4 aromatic rings. The number of fused-ring (bicyclic) bond motifs is 2. The number of halogens is 1. The number of nitrogens with zero attached hydrogens (tertiary/aromatic N) is 2. The fourth-order valence-corrected chi connectivity index (χ4v) is 2.18. The summed E-state index contributed by atoms with van der Waals surface area (Å²) < 4.78 is 0. The quantitative estimate of drug-likeness (QED) is 0.438. The van der Waals surface area contributed by atoms with Crippen molar-refractivity contribution in [3.05, 3.63) is 73.1 Å². The molecule has 2 aromatic heterocycles. The molecule has 0 bridgehead atoms. The molecule has 0 aliphatic carbocycles. The van der Waals surface area contributed by atoms with Gasteiger partial charge in [-0.1, -0.05) is 36.4 Å². The Labute approximate surface area is 153 Å². The summed E-state index contributed by atoms with van der Waals surface area (Å²) in [7, 11) is 4.70. The molecule has 24 heavy (non-hydrogen) atoms. The third-order valence-corrected chi connectivity index (χ3v) is 3.22. The van der Waals surface area contributed by atoms with Gasteiger partial charge in [0, 0.05) is 23.2 Å². The minimum absolute atomic E-state index is 0.239. The van der Waals surface area contributed by atoms with Crippen molar-refractivity contribution in [3.8, 4) is 11.5 Å². The molecule has 0 amide bonds. The van der Waals surface area contributed by atoms with Crippen molar-refractivity contribution in [2.24, 2.45) is 0 Å². The van der Waals surface area contributed by atoms with Gasteiger partial charge in [-0.3, -0.25) is 9.97 Å². The maximum absolute atomic E-state index is 9.31. The molecule has 0 aliphatic rings. The number of rotatable bonds is 0. The second kappa shape index (κ2) is 9.17. The molecule has 4 rings (SSSR count). The Morgan fingerprint density at radius 1 is 0.625 bits per heavy atom. The average Bonchev–Trinajstić information content (AvgIpc) is 2.65. The van der Waals surface area contributed by atoms with Crippen LogP contribution in [0.25, 0.3) is 21.8 Å². The van der Waals surface area contributed by atoms with Gasteiger partial charge in [0.2, 0.25) is 0 Å². The number of phenols is 2. The first-order valence-corrected chi connectivity index (χ1v) is 10.2. The van der Waals surface area contributed by atoms with E-state index in [1.165, 1.54) is 0 Å². The van der Waals surface area contributed by atoms with Gasteiger partial charge in [-0.2, -0.15) is 0 Å². The molecule has 0 unspecified atom stereocenters. The Kier molecular flexibility index (Phi) is 6.93. The molecule has 2 aromatic carbocycles. The average molecular weight is 395 g/mol. The van der Waals surface area contributed by atoms with Crippen LogP contribution < -0.4 is 0 Å². The predicted octanol–water partition coefficient (Wildman–Crippen LogP) is 4.19. The van der Waals surface area contributed by atoms with Crippen LogP contribution in [-0.4, -0.2) is 37.8 Å². The molecular weight excluding hydrogens is 381 g/mol. The van der Waals surface area contributed by atoms with Crippen LogP contribution >= 0.6 is 9.64 Å². The number of hydrogen-bond acceptors (Lipinski definition) is 4. The van der Waals surface area contributed by atoms with E-state index in [9.17, 15) is 10.2 Å². The van der Waals surface area contributed by atoms with Gasteiger partial charge in [-0.25, -0.2) is 0 Å².